The van der Waals surface area contributed by atoms with E-state index in [1.807, 2.05) is 48.5 Å². The van der Waals surface area contributed by atoms with Crippen LogP contribution in [0.15, 0.2) is 53.5 Å². The summed E-state index contributed by atoms with van der Waals surface area (Å²) in [6, 6.07) is 15.5. The minimum absolute atomic E-state index is 0.00521. The molecule has 0 bridgehead atoms. The molecule has 1 aliphatic rings. The lowest BCUT2D eigenvalue weighted by Gasteiger charge is -2.19. The molecule has 1 aromatic heterocycles. The van der Waals surface area contributed by atoms with Gasteiger partial charge in [0.15, 0.2) is 0 Å². The van der Waals surface area contributed by atoms with Crippen LogP contribution in [0.4, 0.5) is 0 Å². The zero-order chi connectivity index (χ0) is 21.5. The fourth-order valence-corrected chi connectivity index (χ4v) is 4.10. The van der Waals surface area contributed by atoms with Crippen molar-refractivity contribution in [2.24, 2.45) is 4.99 Å². The molecule has 0 spiro atoms. The van der Waals surface area contributed by atoms with Crippen LogP contribution in [0, 0.1) is 0 Å². The van der Waals surface area contributed by atoms with Crippen molar-refractivity contribution < 1.29 is 14.3 Å². The molecule has 30 heavy (non-hydrogen) atoms. The molecule has 5 nitrogen and oxygen atoms in total. The number of benzene rings is 2. The van der Waals surface area contributed by atoms with Gasteiger partial charge in [-0.2, -0.15) is 0 Å². The average Bonchev–Trinajstić information content (AvgIpc) is 2.90. The molecule has 0 saturated heterocycles. The van der Waals surface area contributed by atoms with Gasteiger partial charge in [0.1, 0.15) is 5.92 Å². The Bertz CT molecular complexity index is 1150. The molecule has 2 heterocycles. The Morgan fingerprint density at radius 3 is 2.43 bits per heavy atom. The predicted octanol–water partition coefficient (Wildman–Crippen LogP) is 4.51. The standard InChI is InChI=1S/C25H26N2O3/c1-25(2,3)17-11-9-16(10-12-17)23(28)27-21-8-6-5-7-18(21)19-13-14-26-15-20(22(19)27)24(29)30-4/h5-12,15,20H,13-14H2,1-4H3. The monoisotopic (exact) mass is 402 g/mol. The molecule has 1 unspecified atom stereocenters. The summed E-state index contributed by atoms with van der Waals surface area (Å²) in [5, 5.41) is 0.978. The quantitative estimate of drug-likeness (QED) is 0.593. The third-order valence-electron chi connectivity index (χ3n) is 5.72. The molecule has 2 aromatic carbocycles. The van der Waals surface area contributed by atoms with Crippen molar-refractivity contribution in [3.8, 4) is 0 Å². The minimum atomic E-state index is -0.710. The van der Waals surface area contributed by atoms with Gasteiger partial charge in [0.05, 0.1) is 12.6 Å². The number of carbonyl (C=O) groups is 2. The van der Waals surface area contributed by atoms with E-state index < -0.39 is 11.9 Å². The van der Waals surface area contributed by atoms with Crippen LogP contribution in [-0.2, 0) is 21.4 Å². The summed E-state index contributed by atoms with van der Waals surface area (Å²) >= 11 is 0. The fraction of sp³-hybridized carbons (Fsp3) is 0.320. The van der Waals surface area contributed by atoms with Gasteiger partial charge in [0, 0.05) is 29.4 Å². The van der Waals surface area contributed by atoms with Crippen molar-refractivity contribution in [3.63, 3.8) is 0 Å². The Morgan fingerprint density at radius 2 is 1.77 bits per heavy atom. The molecule has 0 aliphatic carbocycles. The van der Waals surface area contributed by atoms with Crippen molar-refractivity contribution in [1.29, 1.82) is 0 Å². The minimum Gasteiger partial charge on any atom is -0.468 e. The van der Waals surface area contributed by atoms with Crippen LogP contribution in [-0.4, -0.2) is 36.3 Å². The molecule has 1 aliphatic heterocycles. The van der Waals surface area contributed by atoms with E-state index >= 15 is 0 Å². The summed E-state index contributed by atoms with van der Waals surface area (Å²) in [6.07, 6.45) is 2.28. The third-order valence-corrected chi connectivity index (χ3v) is 5.72. The maximum atomic E-state index is 13.7. The van der Waals surface area contributed by atoms with E-state index in [-0.39, 0.29) is 11.3 Å². The molecular weight excluding hydrogens is 376 g/mol. The summed E-state index contributed by atoms with van der Waals surface area (Å²) in [4.78, 5) is 30.7. The van der Waals surface area contributed by atoms with Crippen molar-refractivity contribution in [3.05, 3.63) is 70.9 Å². The molecule has 4 rings (SSSR count). The number of carbonyl (C=O) groups excluding carboxylic acids is 2. The highest BCUT2D eigenvalue weighted by molar-refractivity contribution is 6.07. The number of fused-ring (bicyclic) bond motifs is 3. The second-order valence-corrected chi connectivity index (χ2v) is 8.65. The first kappa shape index (κ1) is 20.1. The number of nitrogens with zero attached hydrogens (tertiary/aromatic N) is 2. The van der Waals surface area contributed by atoms with Gasteiger partial charge in [0.25, 0.3) is 5.91 Å². The van der Waals surface area contributed by atoms with E-state index in [1.165, 1.54) is 7.11 Å². The molecule has 3 aromatic rings. The maximum absolute atomic E-state index is 13.7. The highest BCUT2D eigenvalue weighted by atomic mass is 16.5. The summed E-state index contributed by atoms with van der Waals surface area (Å²) < 4.78 is 6.71. The smallest absolute Gasteiger partial charge is 0.320 e. The predicted molar refractivity (Wildman–Crippen MR) is 119 cm³/mol. The lowest BCUT2D eigenvalue weighted by atomic mass is 9.86. The van der Waals surface area contributed by atoms with E-state index in [0.717, 1.165) is 22.0 Å². The van der Waals surface area contributed by atoms with Gasteiger partial charge in [-0.05, 0) is 41.2 Å². The number of methoxy groups -OCH3 is 1. The average molecular weight is 402 g/mol. The van der Waals surface area contributed by atoms with Gasteiger partial charge in [-0.15, -0.1) is 0 Å². The summed E-state index contributed by atoms with van der Waals surface area (Å²) in [5.74, 6) is -1.28. The van der Waals surface area contributed by atoms with E-state index in [9.17, 15) is 9.59 Å². The van der Waals surface area contributed by atoms with Crippen LogP contribution >= 0.6 is 0 Å². The Labute approximate surface area is 176 Å². The van der Waals surface area contributed by atoms with Gasteiger partial charge in [-0.25, -0.2) is 0 Å². The van der Waals surface area contributed by atoms with E-state index in [2.05, 4.69) is 25.8 Å². The van der Waals surface area contributed by atoms with E-state index in [0.29, 0.717) is 24.2 Å². The fourth-order valence-electron chi connectivity index (χ4n) is 4.10. The Balaban J connectivity index is 1.92. The third kappa shape index (κ3) is 3.34. The number of rotatable bonds is 2. The number of esters is 1. The zero-order valence-corrected chi connectivity index (χ0v) is 17.8. The lowest BCUT2D eigenvalue weighted by molar-refractivity contribution is -0.140. The van der Waals surface area contributed by atoms with Crippen molar-refractivity contribution in [2.75, 3.05) is 13.7 Å². The first-order chi connectivity index (χ1) is 14.3. The summed E-state index contributed by atoms with van der Waals surface area (Å²) in [5.41, 5.74) is 4.20. The SMILES string of the molecule is COC(=O)C1C=NCCc2c1n(C(=O)c1ccc(C(C)(C)C)cc1)c1ccccc21. The Kier molecular flexibility index (Phi) is 5.06. The summed E-state index contributed by atoms with van der Waals surface area (Å²) in [7, 11) is 1.36. The number of ether oxygens (including phenoxy) is 1. The normalized spacial score (nSPS) is 16.2. The maximum Gasteiger partial charge on any atom is 0.320 e. The van der Waals surface area contributed by atoms with Crippen LogP contribution in [0.2, 0.25) is 0 Å². The molecule has 1 atom stereocenters. The topological polar surface area (TPSA) is 60.7 Å². The van der Waals surface area contributed by atoms with Crippen LogP contribution in [0.3, 0.4) is 0 Å². The number of para-hydroxylation sites is 1. The van der Waals surface area contributed by atoms with Gasteiger partial charge in [0.2, 0.25) is 0 Å². The zero-order valence-electron chi connectivity index (χ0n) is 17.8. The van der Waals surface area contributed by atoms with Crippen LogP contribution in [0.5, 0.6) is 0 Å². The van der Waals surface area contributed by atoms with Gasteiger partial charge >= 0.3 is 5.97 Å². The first-order valence-corrected chi connectivity index (χ1v) is 10.2. The molecule has 0 fully saturated rings. The van der Waals surface area contributed by atoms with E-state index in [4.69, 9.17) is 4.74 Å². The van der Waals surface area contributed by atoms with Gasteiger partial charge < -0.3 is 4.74 Å². The largest absolute Gasteiger partial charge is 0.468 e. The van der Waals surface area contributed by atoms with Crippen molar-refractivity contribution in [1.82, 2.24) is 4.57 Å². The highest BCUT2D eigenvalue weighted by Crippen LogP contribution is 2.34. The Hall–Kier alpha value is -3.21. The van der Waals surface area contributed by atoms with Gasteiger partial charge in [-0.1, -0.05) is 51.1 Å². The number of hydrogen-bond donors (Lipinski definition) is 0. The molecule has 5 heteroatoms. The van der Waals surface area contributed by atoms with Gasteiger partial charge in [-0.3, -0.25) is 19.1 Å². The molecule has 0 radical (unpaired) electrons. The first-order valence-electron chi connectivity index (χ1n) is 10.2. The Morgan fingerprint density at radius 1 is 1.07 bits per heavy atom. The van der Waals surface area contributed by atoms with Crippen LogP contribution in [0.1, 0.15) is 53.9 Å². The van der Waals surface area contributed by atoms with Crippen molar-refractivity contribution >= 4 is 29.0 Å². The summed E-state index contributed by atoms with van der Waals surface area (Å²) in [6.45, 7) is 7.00. The molecule has 0 N–H and O–H groups in total. The second kappa shape index (κ2) is 7.56. The molecule has 0 amide bonds. The molecule has 154 valence electrons. The number of aliphatic imine (C=N–C) groups is 1. The van der Waals surface area contributed by atoms with Crippen molar-refractivity contribution in [2.45, 2.75) is 38.5 Å². The highest BCUT2D eigenvalue weighted by Gasteiger charge is 2.32. The van der Waals surface area contributed by atoms with E-state index in [1.54, 1.807) is 10.8 Å². The number of hydrogen-bond acceptors (Lipinski definition) is 4. The molecular formula is C25H26N2O3. The number of aromatic nitrogens is 1. The second-order valence-electron chi connectivity index (χ2n) is 8.65. The lowest BCUT2D eigenvalue weighted by Crippen LogP contribution is -2.23. The molecule has 0 saturated carbocycles. The van der Waals surface area contributed by atoms with Crippen LogP contribution in [0.25, 0.3) is 10.9 Å². The van der Waals surface area contributed by atoms with Crippen LogP contribution < -0.4 is 0 Å².